The Bertz CT molecular complexity index is 639. The van der Waals surface area contributed by atoms with Gasteiger partial charge in [-0.05, 0) is 36.6 Å². The molecule has 0 radical (unpaired) electrons. The summed E-state index contributed by atoms with van der Waals surface area (Å²) in [5, 5.41) is 17.3. The van der Waals surface area contributed by atoms with E-state index in [4.69, 9.17) is 0 Å². The lowest BCUT2D eigenvalue weighted by Crippen LogP contribution is -2.29. The Morgan fingerprint density at radius 3 is 2.38 bits per heavy atom. The monoisotopic (exact) mass is 328 g/mol. The van der Waals surface area contributed by atoms with E-state index < -0.39 is 0 Å². The first kappa shape index (κ1) is 17.7. The molecular formula is C17H24N6O. The molecule has 0 aliphatic rings. The lowest BCUT2D eigenvalue weighted by Gasteiger charge is -2.09. The number of pyridine rings is 1. The van der Waals surface area contributed by atoms with Crippen molar-refractivity contribution in [1.29, 1.82) is 0 Å². The minimum Gasteiger partial charge on any atom is -0.367 e. The van der Waals surface area contributed by atoms with Crippen LogP contribution in [0.5, 0.6) is 0 Å². The smallest absolute Gasteiger partial charge is 0.220 e. The summed E-state index contributed by atoms with van der Waals surface area (Å²) in [6, 6.07) is 7.53. The fraction of sp³-hybridized carbons (Fsp3) is 0.412. The molecule has 0 aromatic carbocycles. The molecule has 0 atom stereocenters. The number of aryl methyl sites for hydroxylation is 1. The van der Waals surface area contributed by atoms with Crippen LogP contribution in [0.4, 0.5) is 17.5 Å². The first-order valence-corrected chi connectivity index (χ1v) is 8.07. The maximum Gasteiger partial charge on any atom is 0.220 e. The molecule has 2 aromatic rings. The normalized spacial score (nSPS) is 10.5. The average molecular weight is 328 g/mol. The second-order valence-corrected chi connectivity index (χ2v) is 6.02. The number of amides is 1. The van der Waals surface area contributed by atoms with E-state index in [2.05, 4.69) is 31.1 Å². The molecule has 0 unspecified atom stereocenters. The highest BCUT2D eigenvalue weighted by Gasteiger charge is 2.04. The predicted octanol–water partition coefficient (Wildman–Crippen LogP) is 2.50. The number of carbonyl (C=O) groups excluding carboxylic acids is 1. The van der Waals surface area contributed by atoms with Crippen molar-refractivity contribution in [2.24, 2.45) is 5.92 Å². The number of anilines is 3. The summed E-state index contributed by atoms with van der Waals surface area (Å²) in [5.74, 6) is 2.45. The van der Waals surface area contributed by atoms with Crippen LogP contribution >= 0.6 is 0 Å². The van der Waals surface area contributed by atoms with Crippen LogP contribution in [0, 0.1) is 12.8 Å². The largest absolute Gasteiger partial charge is 0.367 e. The van der Waals surface area contributed by atoms with E-state index in [0.29, 0.717) is 37.1 Å². The Morgan fingerprint density at radius 1 is 1.04 bits per heavy atom. The molecule has 24 heavy (non-hydrogen) atoms. The van der Waals surface area contributed by atoms with Crippen LogP contribution in [-0.2, 0) is 4.79 Å². The summed E-state index contributed by atoms with van der Waals surface area (Å²) in [5.41, 5.74) is 1.10. The van der Waals surface area contributed by atoms with Crippen molar-refractivity contribution in [1.82, 2.24) is 20.5 Å². The van der Waals surface area contributed by atoms with Crippen LogP contribution in [-0.4, -0.2) is 34.2 Å². The molecule has 7 heteroatoms. The third-order valence-corrected chi connectivity index (χ3v) is 3.18. The highest BCUT2D eigenvalue weighted by atomic mass is 16.1. The van der Waals surface area contributed by atoms with Crippen LogP contribution < -0.4 is 16.0 Å². The van der Waals surface area contributed by atoms with Gasteiger partial charge in [-0.15, -0.1) is 10.2 Å². The number of nitrogens with zero attached hydrogens (tertiary/aromatic N) is 3. The van der Waals surface area contributed by atoms with Crippen molar-refractivity contribution >= 4 is 23.4 Å². The van der Waals surface area contributed by atoms with E-state index in [0.717, 1.165) is 11.4 Å². The second kappa shape index (κ2) is 8.81. The van der Waals surface area contributed by atoms with Gasteiger partial charge in [0, 0.05) is 25.7 Å². The molecule has 0 saturated heterocycles. The van der Waals surface area contributed by atoms with Crippen molar-refractivity contribution in [3.63, 3.8) is 0 Å². The molecular weight excluding hydrogens is 304 g/mol. The van der Waals surface area contributed by atoms with Gasteiger partial charge in [-0.1, -0.05) is 19.9 Å². The standard InChI is InChI=1S/C17H24N6O/c1-12(2)10-17(24)19-9-8-18-15-6-7-16(23-22-15)21-14-5-4-13(3)11-20-14/h4-7,11-12H,8-10H2,1-3H3,(H,18,22)(H,19,24)(H,20,21,23). The van der Waals surface area contributed by atoms with Gasteiger partial charge in [-0.25, -0.2) is 4.98 Å². The van der Waals surface area contributed by atoms with Gasteiger partial charge < -0.3 is 16.0 Å². The lowest BCUT2D eigenvalue weighted by molar-refractivity contribution is -0.121. The third-order valence-electron chi connectivity index (χ3n) is 3.18. The molecule has 1 amide bonds. The molecule has 0 aliphatic heterocycles. The van der Waals surface area contributed by atoms with Crippen molar-refractivity contribution < 1.29 is 4.79 Å². The molecule has 2 aromatic heterocycles. The van der Waals surface area contributed by atoms with Gasteiger partial charge >= 0.3 is 0 Å². The van der Waals surface area contributed by atoms with Crippen molar-refractivity contribution in [2.45, 2.75) is 27.2 Å². The minimum atomic E-state index is 0.0722. The van der Waals surface area contributed by atoms with Gasteiger partial charge in [0.1, 0.15) is 11.6 Å². The van der Waals surface area contributed by atoms with Crippen LogP contribution in [0.15, 0.2) is 30.5 Å². The van der Waals surface area contributed by atoms with Crippen LogP contribution in [0.3, 0.4) is 0 Å². The van der Waals surface area contributed by atoms with E-state index in [1.54, 1.807) is 6.20 Å². The van der Waals surface area contributed by atoms with Crippen molar-refractivity contribution in [3.05, 3.63) is 36.0 Å². The molecule has 0 fully saturated rings. The van der Waals surface area contributed by atoms with Gasteiger partial charge in [0.25, 0.3) is 0 Å². The Hall–Kier alpha value is -2.70. The number of hydrogen-bond donors (Lipinski definition) is 3. The maximum absolute atomic E-state index is 11.5. The zero-order valence-electron chi connectivity index (χ0n) is 14.3. The van der Waals surface area contributed by atoms with Gasteiger partial charge in [-0.2, -0.15) is 0 Å². The third kappa shape index (κ3) is 6.20. The molecule has 0 saturated carbocycles. The highest BCUT2D eigenvalue weighted by molar-refractivity contribution is 5.76. The second-order valence-electron chi connectivity index (χ2n) is 6.02. The Balaban J connectivity index is 1.74. The molecule has 3 N–H and O–H groups in total. The zero-order chi connectivity index (χ0) is 17.4. The summed E-state index contributed by atoms with van der Waals surface area (Å²) in [6.07, 6.45) is 2.34. The summed E-state index contributed by atoms with van der Waals surface area (Å²) in [6.45, 7) is 7.19. The summed E-state index contributed by atoms with van der Waals surface area (Å²) >= 11 is 0. The van der Waals surface area contributed by atoms with E-state index >= 15 is 0 Å². The van der Waals surface area contributed by atoms with Crippen molar-refractivity contribution in [2.75, 3.05) is 23.7 Å². The summed E-state index contributed by atoms with van der Waals surface area (Å²) < 4.78 is 0. The predicted molar refractivity (Wildman–Crippen MR) is 95.2 cm³/mol. The van der Waals surface area contributed by atoms with Gasteiger partial charge in [0.15, 0.2) is 5.82 Å². The first-order chi connectivity index (χ1) is 11.5. The highest BCUT2D eigenvalue weighted by Crippen LogP contribution is 2.12. The number of carbonyl (C=O) groups is 1. The minimum absolute atomic E-state index is 0.0722. The fourth-order valence-electron chi connectivity index (χ4n) is 2.00. The number of rotatable bonds is 8. The maximum atomic E-state index is 11.5. The molecule has 2 rings (SSSR count). The molecule has 2 heterocycles. The van der Waals surface area contributed by atoms with Gasteiger partial charge in [-0.3, -0.25) is 4.79 Å². The van der Waals surface area contributed by atoms with Crippen LogP contribution in [0.1, 0.15) is 25.8 Å². The average Bonchev–Trinajstić information content (AvgIpc) is 2.54. The Labute approximate surface area is 142 Å². The first-order valence-electron chi connectivity index (χ1n) is 8.07. The SMILES string of the molecule is Cc1ccc(Nc2ccc(NCCNC(=O)CC(C)C)nn2)nc1. The van der Waals surface area contributed by atoms with Crippen LogP contribution in [0.25, 0.3) is 0 Å². The lowest BCUT2D eigenvalue weighted by atomic mass is 10.1. The topological polar surface area (TPSA) is 91.8 Å². The Morgan fingerprint density at radius 2 is 1.75 bits per heavy atom. The van der Waals surface area contributed by atoms with E-state index in [1.807, 2.05) is 45.0 Å². The molecule has 128 valence electrons. The molecule has 0 aliphatic carbocycles. The van der Waals surface area contributed by atoms with Gasteiger partial charge in [0.2, 0.25) is 5.91 Å². The Kier molecular flexibility index (Phi) is 6.48. The molecule has 7 nitrogen and oxygen atoms in total. The number of aromatic nitrogens is 3. The molecule has 0 spiro atoms. The number of nitrogens with one attached hydrogen (secondary N) is 3. The van der Waals surface area contributed by atoms with Gasteiger partial charge in [0.05, 0.1) is 0 Å². The number of hydrogen-bond acceptors (Lipinski definition) is 6. The summed E-state index contributed by atoms with van der Waals surface area (Å²) in [4.78, 5) is 15.8. The van der Waals surface area contributed by atoms with Crippen LogP contribution in [0.2, 0.25) is 0 Å². The van der Waals surface area contributed by atoms with E-state index in [-0.39, 0.29) is 5.91 Å². The summed E-state index contributed by atoms with van der Waals surface area (Å²) in [7, 11) is 0. The quantitative estimate of drug-likeness (QED) is 0.645. The fourth-order valence-corrected chi connectivity index (χ4v) is 2.00. The van der Waals surface area contributed by atoms with E-state index in [9.17, 15) is 4.79 Å². The zero-order valence-corrected chi connectivity index (χ0v) is 14.3. The molecule has 0 bridgehead atoms. The van der Waals surface area contributed by atoms with Crippen molar-refractivity contribution in [3.8, 4) is 0 Å². The van der Waals surface area contributed by atoms with E-state index in [1.165, 1.54) is 0 Å².